The number of anilines is 6. The Morgan fingerprint density at radius 3 is 1.04 bits per heavy atom. The van der Waals surface area contributed by atoms with Crippen LogP contribution >= 0.6 is 0 Å². The zero-order valence-electron chi connectivity index (χ0n) is 39.8. The van der Waals surface area contributed by atoms with Crippen molar-refractivity contribution in [2.45, 2.75) is 0 Å². The molecule has 8 heteroatoms. The van der Waals surface area contributed by atoms with Crippen molar-refractivity contribution in [3.8, 4) is 46.3 Å². The minimum absolute atomic E-state index is 0.600. The van der Waals surface area contributed by atoms with E-state index in [-0.39, 0.29) is 0 Å². The van der Waals surface area contributed by atoms with Gasteiger partial charge in [0.15, 0.2) is 0 Å². The van der Waals surface area contributed by atoms with E-state index < -0.39 is 0 Å². The molecule has 8 nitrogen and oxygen atoms in total. The van der Waals surface area contributed by atoms with Crippen LogP contribution in [-0.2, 0) is 0 Å². The Labute approximate surface area is 427 Å². The lowest BCUT2D eigenvalue weighted by atomic mass is 9.99. The summed E-state index contributed by atoms with van der Waals surface area (Å²) >= 11 is 0. The molecule has 0 saturated heterocycles. The van der Waals surface area contributed by atoms with E-state index in [9.17, 15) is 10.5 Å². The molecule has 13 aromatic rings. The molecule has 2 heterocycles. The van der Waals surface area contributed by atoms with E-state index in [1.165, 1.54) is 0 Å². The first-order chi connectivity index (χ1) is 36.6. The Morgan fingerprint density at radius 1 is 0.324 bits per heavy atom. The number of nitriles is 2. The standard InChI is InChI=1S/C66H42N8/c67-43-45-19-29-53(30-20-45)71(55-33-25-47(26-34-55)65-69-61-15-7-9-17-63(61)73(65)51-11-3-1-4-12-51)57-37-39-59-49(41-57)23-24-50-42-58(38-40-60(50)59)72(54-31-21-46(44-68)22-32-54)56-35-27-48(28-36-56)66-70-62-16-8-10-18-64(62)74(66)52-13-5-2-6-14-52/h1-42H. The van der Waals surface area contributed by atoms with Crippen molar-refractivity contribution in [1.82, 2.24) is 19.1 Å². The number of imidazole rings is 2. The van der Waals surface area contributed by atoms with Gasteiger partial charge < -0.3 is 9.80 Å². The quantitative estimate of drug-likeness (QED) is 0.127. The molecule has 346 valence electrons. The summed E-state index contributed by atoms with van der Waals surface area (Å²) in [6, 6.07) is 91.9. The van der Waals surface area contributed by atoms with Crippen LogP contribution in [0.3, 0.4) is 0 Å². The van der Waals surface area contributed by atoms with Gasteiger partial charge in [0.05, 0.1) is 45.3 Å². The second-order valence-corrected chi connectivity index (χ2v) is 18.1. The minimum atomic E-state index is 0.600. The molecule has 0 bridgehead atoms. The number of nitrogens with zero attached hydrogens (tertiary/aromatic N) is 8. The van der Waals surface area contributed by atoms with Gasteiger partial charge in [-0.2, -0.15) is 10.5 Å². The molecule has 13 rings (SSSR count). The van der Waals surface area contributed by atoms with Crippen molar-refractivity contribution < 1.29 is 0 Å². The van der Waals surface area contributed by atoms with Gasteiger partial charge in [0.1, 0.15) is 11.6 Å². The Morgan fingerprint density at radius 2 is 0.662 bits per heavy atom. The van der Waals surface area contributed by atoms with E-state index in [0.717, 1.165) is 112 Å². The highest BCUT2D eigenvalue weighted by atomic mass is 15.2. The van der Waals surface area contributed by atoms with E-state index in [4.69, 9.17) is 9.97 Å². The summed E-state index contributed by atoms with van der Waals surface area (Å²) in [5.41, 5.74) is 15.0. The van der Waals surface area contributed by atoms with Gasteiger partial charge in [0.25, 0.3) is 0 Å². The fourth-order valence-electron chi connectivity index (χ4n) is 10.2. The first-order valence-electron chi connectivity index (χ1n) is 24.4. The van der Waals surface area contributed by atoms with Crippen molar-refractivity contribution in [2.24, 2.45) is 0 Å². The summed E-state index contributed by atoms with van der Waals surface area (Å²) in [4.78, 5) is 14.7. The molecular weight excluding hydrogens is 905 g/mol. The van der Waals surface area contributed by atoms with Crippen LogP contribution in [0.5, 0.6) is 0 Å². The molecule has 0 radical (unpaired) electrons. The van der Waals surface area contributed by atoms with E-state index in [1.807, 2.05) is 72.8 Å². The van der Waals surface area contributed by atoms with Crippen LogP contribution in [0, 0.1) is 22.7 Å². The van der Waals surface area contributed by atoms with E-state index in [2.05, 4.69) is 213 Å². The van der Waals surface area contributed by atoms with Crippen molar-refractivity contribution in [3.05, 3.63) is 266 Å². The molecule has 0 fully saturated rings. The highest BCUT2D eigenvalue weighted by molar-refractivity contribution is 6.10. The Bertz CT molecular complexity index is 4020. The van der Waals surface area contributed by atoms with Crippen molar-refractivity contribution >= 4 is 77.7 Å². The van der Waals surface area contributed by atoms with Crippen LogP contribution in [0.15, 0.2) is 255 Å². The Hall–Kier alpha value is -10.5. The molecule has 0 saturated carbocycles. The zero-order valence-corrected chi connectivity index (χ0v) is 39.8. The maximum atomic E-state index is 9.71. The van der Waals surface area contributed by atoms with Crippen molar-refractivity contribution in [2.75, 3.05) is 9.80 Å². The SMILES string of the molecule is N#Cc1ccc(N(c2ccc(-c3nc4ccccc4n3-c3ccccc3)cc2)c2ccc3c(ccc4cc(N(c5ccc(C#N)cc5)c5ccc(-c6nc7ccccc7n6-c6ccccc6)cc5)ccc43)c2)cc1. The van der Waals surface area contributed by atoms with Crippen LogP contribution in [0.2, 0.25) is 0 Å². The van der Waals surface area contributed by atoms with Crippen LogP contribution in [0.1, 0.15) is 11.1 Å². The zero-order chi connectivity index (χ0) is 49.5. The number of fused-ring (bicyclic) bond motifs is 5. The predicted octanol–water partition coefficient (Wildman–Crippen LogP) is 16.7. The second-order valence-electron chi connectivity index (χ2n) is 18.1. The van der Waals surface area contributed by atoms with Gasteiger partial charge in [-0.3, -0.25) is 9.13 Å². The number of rotatable bonds is 10. The van der Waals surface area contributed by atoms with Crippen LogP contribution in [0.4, 0.5) is 34.1 Å². The topological polar surface area (TPSA) is 89.7 Å². The smallest absolute Gasteiger partial charge is 0.145 e. The van der Waals surface area contributed by atoms with Gasteiger partial charge in [-0.25, -0.2) is 9.97 Å². The molecule has 0 aliphatic rings. The number of hydrogen-bond acceptors (Lipinski definition) is 6. The molecule has 2 aromatic heterocycles. The van der Waals surface area contributed by atoms with Gasteiger partial charge in [-0.05, 0) is 191 Å². The molecule has 11 aromatic carbocycles. The third-order valence-electron chi connectivity index (χ3n) is 13.7. The predicted molar refractivity (Wildman–Crippen MR) is 300 cm³/mol. The van der Waals surface area contributed by atoms with Gasteiger partial charge in [-0.15, -0.1) is 0 Å². The second kappa shape index (κ2) is 18.3. The van der Waals surface area contributed by atoms with Gasteiger partial charge in [0.2, 0.25) is 0 Å². The average molecular weight is 947 g/mol. The van der Waals surface area contributed by atoms with Crippen molar-refractivity contribution in [3.63, 3.8) is 0 Å². The van der Waals surface area contributed by atoms with E-state index in [1.54, 1.807) is 0 Å². The average Bonchev–Trinajstić information content (AvgIpc) is 4.06. The van der Waals surface area contributed by atoms with Crippen LogP contribution in [0.25, 0.3) is 77.8 Å². The largest absolute Gasteiger partial charge is 0.310 e. The van der Waals surface area contributed by atoms with E-state index >= 15 is 0 Å². The molecule has 0 unspecified atom stereocenters. The molecule has 0 atom stereocenters. The summed E-state index contributed by atoms with van der Waals surface area (Å²) in [5.74, 6) is 1.73. The van der Waals surface area contributed by atoms with Crippen LogP contribution < -0.4 is 9.80 Å². The molecular formula is C66H42N8. The lowest BCUT2D eigenvalue weighted by molar-refractivity contribution is 1.10. The third kappa shape index (κ3) is 7.73. The number of aromatic nitrogens is 4. The van der Waals surface area contributed by atoms with Gasteiger partial charge in [0, 0.05) is 56.6 Å². The maximum absolute atomic E-state index is 9.71. The minimum Gasteiger partial charge on any atom is -0.310 e. The van der Waals surface area contributed by atoms with Crippen molar-refractivity contribution in [1.29, 1.82) is 10.5 Å². The fourth-order valence-corrected chi connectivity index (χ4v) is 10.2. The Balaban J connectivity index is 0.867. The summed E-state index contributed by atoms with van der Waals surface area (Å²) in [6.45, 7) is 0. The lowest BCUT2D eigenvalue weighted by Gasteiger charge is -2.27. The summed E-state index contributed by atoms with van der Waals surface area (Å²) in [7, 11) is 0. The molecule has 74 heavy (non-hydrogen) atoms. The summed E-state index contributed by atoms with van der Waals surface area (Å²) in [6.07, 6.45) is 0. The first kappa shape index (κ1) is 43.5. The summed E-state index contributed by atoms with van der Waals surface area (Å²) < 4.78 is 4.43. The Kier molecular flexibility index (Phi) is 10.8. The maximum Gasteiger partial charge on any atom is 0.145 e. The lowest BCUT2D eigenvalue weighted by Crippen LogP contribution is -2.10. The molecule has 0 amide bonds. The van der Waals surface area contributed by atoms with E-state index in [0.29, 0.717) is 11.1 Å². The molecule has 0 spiro atoms. The monoisotopic (exact) mass is 946 g/mol. The molecule has 0 N–H and O–H groups in total. The fraction of sp³-hybridized carbons (Fsp3) is 0. The van der Waals surface area contributed by atoms with Gasteiger partial charge in [-0.1, -0.05) is 84.9 Å². The molecule has 0 aliphatic heterocycles. The molecule has 0 aliphatic carbocycles. The summed E-state index contributed by atoms with van der Waals surface area (Å²) in [5, 5.41) is 23.9. The number of hydrogen-bond donors (Lipinski definition) is 0. The number of benzene rings is 11. The normalized spacial score (nSPS) is 11.2. The third-order valence-corrected chi connectivity index (χ3v) is 13.7. The number of para-hydroxylation sites is 6. The highest BCUT2D eigenvalue weighted by Crippen LogP contribution is 2.42. The van der Waals surface area contributed by atoms with Gasteiger partial charge >= 0.3 is 0 Å². The highest BCUT2D eigenvalue weighted by Gasteiger charge is 2.20. The van der Waals surface area contributed by atoms with Crippen LogP contribution in [-0.4, -0.2) is 19.1 Å². The first-order valence-corrected chi connectivity index (χ1v) is 24.4.